The number of halogens is 1. The van der Waals surface area contributed by atoms with Crippen LogP contribution in [0.15, 0.2) is 24.3 Å². The molecule has 1 atom stereocenters. The summed E-state index contributed by atoms with van der Waals surface area (Å²) in [5, 5.41) is 0. The molecule has 1 aromatic carbocycles. The molecule has 0 amide bonds. The Hall–Kier alpha value is -0.930. The quantitative estimate of drug-likeness (QED) is 0.631. The van der Waals surface area contributed by atoms with Crippen LogP contribution >= 0.6 is 0 Å². The van der Waals surface area contributed by atoms with E-state index in [1.165, 1.54) is 37.8 Å². The summed E-state index contributed by atoms with van der Waals surface area (Å²) in [4.78, 5) is 0. The van der Waals surface area contributed by atoms with E-state index in [2.05, 4.69) is 19.3 Å². The van der Waals surface area contributed by atoms with Gasteiger partial charge in [0, 0.05) is 11.5 Å². The van der Waals surface area contributed by atoms with Crippen molar-refractivity contribution in [1.82, 2.24) is 5.43 Å². The Labute approximate surface area is 115 Å². The van der Waals surface area contributed by atoms with E-state index in [1.54, 1.807) is 0 Å². The number of hydrogen-bond acceptors (Lipinski definition) is 2. The third kappa shape index (κ3) is 3.34. The van der Waals surface area contributed by atoms with Crippen LogP contribution in [0.25, 0.3) is 0 Å². The maximum atomic E-state index is 13.0. The molecule has 1 unspecified atom stereocenters. The first kappa shape index (κ1) is 14.5. The molecule has 1 saturated carbocycles. The van der Waals surface area contributed by atoms with Gasteiger partial charge in [-0.2, -0.15) is 0 Å². The SMILES string of the molecule is CC(C)(c1ccc(F)cc1)C(CC1CCCC1)NN. The number of rotatable bonds is 5. The molecule has 3 heteroatoms. The number of hydrazine groups is 1. The first-order valence-electron chi connectivity index (χ1n) is 7.26. The minimum atomic E-state index is -0.187. The number of nitrogens with two attached hydrogens (primary N) is 1. The van der Waals surface area contributed by atoms with Gasteiger partial charge >= 0.3 is 0 Å². The van der Waals surface area contributed by atoms with Crippen LogP contribution in [0, 0.1) is 11.7 Å². The second-order valence-electron chi connectivity index (χ2n) is 6.33. The maximum Gasteiger partial charge on any atom is 0.123 e. The Morgan fingerprint density at radius 3 is 2.37 bits per heavy atom. The van der Waals surface area contributed by atoms with Crippen LogP contribution < -0.4 is 11.3 Å². The molecule has 0 saturated heterocycles. The zero-order chi connectivity index (χ0) is 13.9. The second kappa shape index (κ2) is 6.02. The van der Waals surface area contributed by atoms with Crippen LogP contribution in [0.4, 0.5) is 4.39 Å². The average Bonchev–Trinajstić information content (AvgIpc) is 2.89. The van der Waals surface area contributed by atoms with Gasteiger partial charge < -0.3 is 0 Å². The molecule has 0 aromatic heterocycles. The van der Waals surface area contributed by atoms with Crippen molar-refractivity contribution in [1.29, 1.82) is 0 Å². The molecular formula is C16H25FN2. The van der Waals surface area contributed by atoms with E-state index >= 15 is 0 Å². The van der Waals surface area contributed by atoms with Gasteiger partial charge in [0.05, 0.1) is 0 Å². The highest BCUT2D eigenvalue weighted by molar-refractivity contribution is 5.26. The van der Waals surface area contributed by atoms with Gasteiger partial charge in [0.2, 0.25) is 0 Å². The molecule has 19 heavy (non-hydrogen) atoms. The summed E-state index contributed by atoms with van der Waals surface area (Å²) >= 11 is 0. The third-order valence-electron chi connectivity index (χ3n) is 4.70. The summed E-state index contributed by atoms with van der Waals surface area (Å²) < 4.78 is 13.0. The summed E-state index contributed by atoms with van der Waals surface area (Å²) in [7, 11) is 0. The smallest absolute Gasteiger partial charge is 0.123 e. The molecule has 0 spiro atoms. The summed E-state index contributed by atoms with van der Waals surface area (Å²) in [5.41, 5.74) is 4.03. The van der Waals surface area contributed by atoms with Gasteiger partial charge in [-0.3, -0.25) is 11.3 Å². The largest absolute Gasteiger partial charge is 0.271 e. The Kier molecular flexibility index (Phi) is 4.58. The summed E-state index contributed by atoms with van der Waals surface area (Å²) in [6.07, 6.45) is 6.42. The van der Waals surface area contributed by atoms with Crippen molar-refractivity contribution in [2.24, 2.45) is 11.8 Å². The van der Waals surface area contributed by atoms with Crippen molar-refractivity contribution in [3.8, 4) is 0 Å². The molecule has 1 fully saturated rings. The lowest BCUT2D eigenvalue weighted by atomic mass is 9.74. The third-order valence-corrected chi connectivity index (χ3v) is 4.70. The fraction of sp³-hybridized carbons (Fsp3) is 0.625. The maximum absolute atomic E-state index is 13.0. The van der Waals surface area contributed by atoms with Gasteiger partial charge in [0.25, 0.3) is 0 Å². The molecule has 1 aromatic rings. The number of hydrogen-bond donors (Lipinski definition) is 2. The van der Waals surface area contributed by atoms with Crippen LogP contribution in [0.5, 0.6) is 0 Å². The van der Waals surface area contributed by atoms with E-state index in [0.29, 0.717) is 0 Å². The van der Waals surface area contributed by atoms with E-state index in [1.807, 2.05) is 12.1 Å². The summed E-state index contributed by atoms with van der Waals surface area (Å²) in [5.74, 6) is 6.37. The minimum Gasteiger partial charge on any atom is -0.271 e. The van der Waals surface area contributed by atoms with Gasteiger partial charge in [-0.25, -0.2) is 4.39 Å². The first-order valence-corrected chi connectivity index (χ1v) is 7.26. The average molecular weight is 264 g/mol. The Bertz CT molecular complexity index is 394. The van der Waals surface area contributed by atoms with E-state index in [-0.39, 0.29) is 17.3 Å². The highest BCUT2D eigenvalue weighted by Crippen LogP contribution is 2.35. The standard InChI is InChI=1S/C16H25FN2/c1-16(2,13-7-9-14(17)10-8-13)15(19-18)11-12-5-3-4-6-12/h7-10,12,15,19H,3-6,11,18H2,1-2H3. The molecule has 1 aliphatic rings. The minimum absolute atomic E-state index is 0.0922. The van der Waals surface area contributed by atoms with Crippen molar-refractivity contribution in [2.45, 2.75) is 57.4 Å². The number of nitrogens with one attached hydrogen (secondary N) is 1. The van der Waals surface area contributed by atoms with Crippen molar-refractivity contribution in [3.63, 3.8) is 0 Å². The van der Waals surface area contributed by atoms with Crippen molar-refractivity contribution < 1.29 is 4.39 Å². The number of benzene rings is 1. The van der Waals surface area contributed by atoms with Crippen LogP contribution in [0.1, 0.15) is 51.5 Å². The van der Waals surface area contributed by atoms with Gasteiger partial charge in [0.15, 0.2) is 0 Å². The van der Waals surface area contributed by atoms with Crippen molar-refractivity contribution in [2.75, 3.05) is 0 Å². The summed E-state index contributed by atoms with van der Waals surface area (Å²) in [6.45, 7) is 4.36. The van der Waals surface area contributed by atoms with Crippen LogP contribution in [-0.4, -0.2) is 6.04 Å². The molecule has 0 bridgehead atoms. The van der Waals surface area contributed by atoms with Crippen LogP contribution in [-0.2, 0) is 5.41 Å². The fourth-order valence-corrected chi connectivity index (χ4v) is 3.23. The van der Waals surface area contributed by atoms with Gasteiger partial charge in [-0.1, -0.05) is 51.7 Å². The molecule has 106 valence electrons. The van der Waals surface area contributed by atoms with E-state index in [9.17, 15) is 4.39 Å². The van der Waals surface area contributed by atoms with Crippen LogP contribution in [0.2, 0.25) is 0 Å². The van der Waals surface area contributed by atoms with Gasteiger partial charge in [-0.05, 0) is 30.0 Å². The zero-order valence-corrected chi connectivity index (χ0v) is 12.0. The molecule has 0 aliphatic heterocycles. The molecule has 3 N–H and O–H groups in total. The van der Waals surface area contributed by atoms with Gasteiger partial charge in [-0.15, -0.1) is 0 Å². The van der Waals surface area contributed by atoms with Crippen LogP contribution in [0.3, 0.4) is 0 Å². The lowest BCUT2D eigenvalue weighted by Crippen LogP contribution is -2.49. The molecule has 2 nitrogen and oxygen atoms in total. The van der Waals surface area contributed by atoms with Crippen molar-refractivity contribution >= 4 is 0 Å². The van der Waals surface area contributed by atoms with E-state index < -0.39 is 0 Å². The zero-order valence-electron chi connectivity index (χ0n) is 12.0. The Morgan fingerprint density at radius 2 is 1.84 bits per heavy atom. The van der Waals surface area contributed by atoms with Crippen molar-refractivity contribution in [3.05, 3.63) is 35.6 Å². The topological polar surface area (TPSA) is 38.0 Å². The fourth-order valence-electron chi connectivity index (χ4n) is 3.23. The molecule has 0 radical (unpaired) electrons. The molecule has 2 rings (SSSR count). The lowest BCUT2D eigenvalue weighted by molar-refractivity contribution is 0.282. The van der Waals surface area contributed by atoms with Gasteiger partial charge in [0.1, 0.15) is 5.82 Å². The predicted octanol–water partition coefficient (Wildman–Crippen LogP) is 3.52. The molecular weight excluding hydrogens is 239 g/mol. The second-order valence-corrected chi connectivity index (χ2v) is 6.33. The first-order chi connectivity index (χ1) is 9.04. The van der Waals surface area contributed by atoms with E-state index in [4.69, 9.17) is 5.84 Å². The Morgan fingerprint density at radius 1 is 1.26 bits per heavy atom. The lowest BCUT2D eigenvalue weighted by Gasteiger charge is -2.36. The summed E-state index contributed by atoms with van der Waals surface area (Å²) in [6, 6.07) is 7.02. The Balaban J connectivity index is 2.12. The van der Waals surface area contributed by atoms with E-state index in [0.717, 1.165) is 17.9 Å². The normalized spacial score (nSPS) is 18.7. The highest BCUT2D eigenvalue weighted by atomic mass is 19.1. The highest BCUT2D eigenvalue weighted by Gasteiger charge is 2.33. The molecule has 1 aliphatic carbocycles. The monoisotopic (exact) mass is 264 g/mol. The predicted molar refractivity (Wildman–Crippen MR) is 77.1 cm³/mol. The molecule has 0 heterocycles.